The van der Waals surface area contributed by atoms with Crippen molar-refractivity contribution >= 4 is 52.9 Å². The Morgan fingerprint density at radius 2 is 2.30 bits per heavy atom. The Morgan fingerprint density at radius 1 is 1.56 bits per heavy atom. The van der Waals surface area contributed by atoms with Crippen molar-refractivity contribution in [1.29, 1.82) is 0 Å². The molecule has 27 heavy (non-hydrogen) atoms. The highest BCUT2D eigenvalue weighted by atomic mass is 35.5. The van der Waals surface area contributed by atoms with Gasteiger partial charge in [0.15, 0.2) is 0 Å². The lowest BCUT2D eigenvalue weighted by Crippen LogP contribution is -2.80. The normalized spacial score (nSPS) is 24.5. The maximum absolute atomic E-state index is 12.7. The summed E-state index contributed by atoms with van der Waals surface area (Å²) in [7, 11) is 2.95. The van der Waals surface area contributed by atoms with E-state index in [1.807, 2.05) is 0 Å². The fourth-order valence-electron chi connectivity index (χ4n) is 2.79. The van der Waals surface area contributed by atoms with Crippen LogP contribution in [-0.4, -0.2) is 83.6 Å². The number of aromatic nitrogens is 4. The summed E-state index contributed by atoms with van der Waals surface area (Å²) in [6.07, 6.45) is 0. The SMILES string of the molecule is CO[C@@]1(NC(=O)CCl)C(=O)N2C(C(=O)O)=C(CSc3nnnn3C)CS[C@@H]21. The highest BCUT2D eigenvalue weighted by Gasteiger charge is 2.66. The number of hydrogen-bond acceptors (Lipinski definition) is 9. The number of halogens is 1. The number of fused-ring (bicyclic) bond motifs is 1. The smallest absolute Gasteiger partial charge is 0.352 e. The number of aliphatic carboxylic acids is 1. The number of hydrogen-bond donors (Lipinski definition) is 2. The zero-order chi connectivity index (χ0) is 19.8. The van der Waals surface area contributed by atoms with E-state index in [1.165, 1.54) is 35.3 Å². The zero-order valence-corrected chi connectivity index (χ0v) is 16.6. The molecule has 0 aliphatic carbocycles. The summed E-state index contributed by atoms with van der Waals surface area (Å²) in [6, 6.07) is 0. The molecule has 1 aromatic heterocycles. The number of nitrogens with one attached hydrogen (secondary N) is 1. The number of methoxy groups -OCH3 is 1. The molecule has 1 aromatic rings. The average Bonchev–Trinajstić information content (AvgIpc) is 3.07. The van der Waals surface area contributed by atoms with E-state index in [-0.39, 0.29) is 11.6 Å². The van der Waals surface area contributed by atoms with Gasteiger partial charge in [0.25, 0.3) is 11.6 Å². The number of carboxylic acids is 1. The van der Waals surface area contributed by atoms with Gasteiger partial charge in [-0.3, -0.25) is 14.5 Å². The van der Waals surface area contributed by atoms with Crippen molar-refractivity contribution < 1.29 is 24.2 Å². The Kier molecular flexibility index (Phi) is 5.65. The molecule has 146 valence electrons. The fourth-order valence-corrected chi connectivity index (χ4v) is 5.28. The second-order valence-electron chi connectivity index (χ2n) is 5.59. The Balaban J connectivity index is 1.86. The second-order valence-corrected chi connectivity index (χ2v) is 7.87. The lowest BCUT2D eigenvalue weighted by Gasteiger charge is -2.55. The summed E-state index contributed by atoms with van der Waals surface area (Å²) in [5.74, 6) is -2.16. The third-order valence-electron chi connectivity index (χ3n) is 4.04. The van der Waals surface area contributed by atoms with Crippen LogP contribution in [0.25, 0.3) is 0 Å². The van der Waals surface area contributed by atoms with Gasteiger partial charge in [-0.25, -0.2) is 9.48 Å². The summed E-state index contributed by atoms with van der Waals surface area (Å²) in [4.78, 5) is 37.4. The molecule has 2 amide bonds. The van der Waals surface area contributed by atoms with Gasteiger partial charge < -0.3 is 15.2 Å². The standard InChI is InChI=1S/C13H15ClN6O5S2/c1-19-12(16-17-18-19)27-5-6-4-26-11-13(25-2,15-7(21)3-14)10(24)20(11)8(6)9(22)23/h11H,3-5H2,1-2H3,(H,15,21)(H,22,23)/t11-,13+/m1/s1. The minimum atomic E-state index is -1.62. The number of carbonyl (C=O) groups is 3. The zero-order valence-electron chi connectivity index (χ0n) is 14.2. The lowest BCUT2D eigenvalue weighted by molar-refractivity contribution is -0.192. The number of β-lactam (4-membered cyclic amide) rings is 1. The second kappa shape index (κ2) is 7.66. The molecule has 11 nitrogen and oxygen atoms in total. The maximum atomic E-state index is 12.7. The molecule has 0 saturated carbocycles. The third kappa shape index (κ3) is 3.28. The van der Waals surface area contributed by atoms with Crippen LogP contribution in [0.5, 0.6) is 0 Å². The Bertz CT molecular complexity index is 832. The van der Waals surface area contributed by atoms with E-state index < -0.39 is 28.9 Å². The van der Waals surface area contributed by atoms with Crippen LogP contribution in [0.1, 0.15) is 0 Å². The van der Waals surface area contributed by atoms with Gasteiger partial charge in [-0.15, -0.1) is 28.5 Å². The fraction of sp³-hybridized carbons (Fsp3) is 0.538. The van der Waals surface area contributed by atoms with E-state index in [9.17, 15) is 19.5 Å². The van der Waals surface area contributed by atoms with Gasteiger partial charge in [0.1, 0.15) is 17.0 Å². The lowest BCUT2D eigenvalue weighted by atomic mass is 9.98. The predicted octanol–water partition coefficient (Wildman–Crippen LogP) is -0.746. The van der Waals surface area contributed by atoms with Crippen molar-refractivity contribution in [1.82, 2.24) is 30.4 Å². The first-order chi connectivity index (χ1) is 12.9. The van der Waals surface area contributed by atoms with E-state index in [4.69, 9.17) is 16.3 Å². The van der Waals surface area contributed by atoms with Crippen molar-refractivity contribution in [3.63, 3.8) is 0 Å². The topological polar surface area (TPSA) is 140 Å². The minimum absolute atomic E-state index is 0.112. The number of alkyl halides is 1. The van der Waals surface area contributed by atoms with Crippen LogP contribution in [0.3, 0.4) is 0 Å². The average molecular weight is 435 g/mol. The first kappa shape index (κ1) is 19.9. The predicted molar refractivity (Wildman–Crippen MR) is 95.9 cm³/mol. The molecule has 3 heterocycles. The molecule has 0 spiro atoms. The summed E-state index contributed by atoms with van der Waals surface area (Å²) in [5.41, 5.74) is -1.18. The molecule has 2 aliphatic rings. The van der Waals surface area contributed by atoms with Crippen LogP contribution in [0.15, 0.2) is 16.4 Å². The number of ether oxygens (including phenoxy) is 1. The molecule has 2 N–H and O–H groups in total. The number of thioether (sulfide) groups is 2. The molecular weight excluding hydrogens is 420 g/mol. The molecule has 0 radical (unpaired) electrons. The number of aryl methyl sites for hydroxylation is 1. The number of carboxylic acid groups (broad SMARTS) is 1. The summed E-state index contributed by atoms with van der Waals surface area (Å²) in [5, 5.41) is 23.0. The van der Waals surface area contributed by atoms with E-state index in [0.717, 1.165) is 4.90 Å². The number of carbonyl (C=O) groups excluding carboxylic acids is 2. The number of tetrazole rings is 1. The largest absolute Gasteiger partial charge is 0.477 e. The Morgan fingerprint density at radius 3 is 2.85 bits per heavy atom. The van der Waals surface area contributed by atoms with Gasteiger partial charge in [0.2, 0.25) is 11.1 Å². The summed E-state index contributed by atoms with van der Waals surface area (Å²) in [6.45, 7) is 0. The van der Waals surface area contributed by atoms with Gasteiger partial charge in [0.05, 0.1) is 0 Å². The van der Waals surface area contributed by atoms with Crippen LogP contribution in [0.2, 0.25) is 0 Å². The molecule has 0 aromatic carbocycles. The molecule has 1 fully saturated rings. The molecule has 3 rings (SSSR count). The van der Waals surface area contributed by atoms with Crippen molar-refractivity contribution in [3.8, 4) is 0 Å². The van der Waals surface area contributed by atoms with Crippen LogP contribution in [0, 0.1) is 0 Å². The van der Waals surface area contributed by atoms with Gasteiger partial charge in [0, 0.05) is 25.7 Å². The van der Waals surface area contributed by atoms with Crippen molar-refractivity contribution in [2.24, 2.45) is 7.05 Å². The maximum Gasteiger partial charge on any atom is 0.352 e. The van der Waals surface area contributed by atoms with E-state index >= 15 is 0 Å². The van der Waals surface area contributed by atoms with Gasteiger partial charge >= 0.3 is 5.97 Å². The van der Waals surface area contributed by atoms with Gasteiger partial charge in [-0.1, -0.05) is 11.8 Å². The van der Waals surface area contributed by atoms with Crippen LogP contribution in [0.4, 0.5) is 0 Å². The molecule has 0 unspecified atom stereocenters. The molecule has 1 saturated heterocycles. The number of amides is 2. The minimum Gasteiger partial charge on any atom is -0.477 e. The van der Waals surface area contributed by atoms with E-state index in [2.05, 4.69) is 20.8 Å². The number of nitrogens with zero attached hydrogens (tertiary/aromatic N) is 5. The molecular formula is C13H15ClN6O5S2. The van der Waals surface area contributed by atoms with Crippen LogP contribution >= 0.6 is 35.1 Å². The summed E-state index contributed by atoms with van der Waals surface area (Å²) < 4.78 is 6.74. The van der Waals surface area contributed by atoms with Crippen molar-refractivity contribution in [2.75, 3.05) is 24.5 Å². The molecule has 0 bridgehead atoms. The van der Waals surface area contributed by atoms with Gasteiger partial charge in [-0.2, -0.15) is 0 Å². The monoisotopic (exact) mass is 434 g/mol. The van der Waals surface area contributed by atoms with Crippen LogP contribution < -0.4 is 5.32 Å². The van der Waals surface area contributed by atoms with Crippen molar-refractivity contribution in [2.45, 2.75) is 16.3 Å². The highest BCUT2D eigenvalue weighted by Crippen LogP contribution is 2.47. The molecule has 2 aliphatic heterocycles. The van der Waals surface area contributed by atoms with Crippen LogP contribution in [-0.2, 0) is 26.2 Å². The van der Waals surface area contributed by atoms with Crippen molar-refractivity contribution in [3.05, 3.63) is 11.3 Å². The first-order valence-electron chi connectivity index (χ1n) is 7.53. The van der Waals surface area contributed by atoms with E-state index in [1.54, 1.807) is 7.05 Å². The number of rotatable bonds is 7. The molecule has 14 heteroatoms. The van der Waals surface area contributed by atoms with Gasteiger partial charge in [-0.05, 0) is 16.0 Å². The third-order valence-corrected chi connectivity index (χ3v) is 6.75. The Hall–Kier alpha value is -1.83. The first-order valence-corrected chi connectivity index (χ1v) is 10.1. The Labute approximate surface area is 166 Å². The molecule has 2 atom stereocenters. The summed E-state index contributed by atoms with van der Waals surface area (Å²) >= 11 is 8.07. The van der Waals surface area contributed by atoms with E-state index in [0.29, 0.717) is 22.2 Å². The highest BCUT2D eigenvalue weighted by molar-refractivity contribution is 8.01. The quantitative estimate of drug-likeness (QED) is 0.244.